The highest BCUT2D eigenvalue weighted by Crippen LogP contribution is 2.25. The molecule has 3 rings (SSSR count). The van der Waals surface area contributed by atoms with E-state index in [1.165, 1.54) is 12.1 Å². The number of non-ortho nitro benzene ring substituents is 1. The maximum atomic E-state index is 10.8. The summed E-state index contributed by atoms with van der Waals surface area (Å²) in [6.07, 6.45) is 3.64. The summed E-state index contributed by atoms with van der Waals surface area (Å²) in [4.78, 5) is 22.1. The van der Waals surface area contributed by atoms with E-state index in [4.69, 9.17) is 16.6 Å². The van der Waals surface area contributed by atoms with Crippen LogP contribution in [0.4, 0.5) is 11.5 Å². The van der Waals surface area contributed by atoms with E-state index in [0.717, 1.165) is 35.4 Å². The average molecular weight is 454 g/mol. The summed E-state index contributed by atoms with van der Waals surface area (Å²) in [6, 6.07) is 12.8. The number of rotatable bonds is 9. The second kappa shape index (κ2) is 10.5. The molecule has 0 spiro atoms. The molecule has 32 heavy (non-hydrogen) atoms. The summed E-state index contributed by atoms with van der Waals surface area (Å²) in [6.45, 7) is 10.4. The Labute approximate surface area is 193 Å². The summed E-state index contributed by atoms with van der Waals surface area (Å²) in [5, 5.41) is 15.8. The fourth-order valence-electron chi connectivity index (χ4n) is 3.62. The third kappa shape index (κ3) is 6.02. The van der Waals surface area contributed by atoms with Crippen LogP contribution in [0.3, 0.4) is 0 Å². The summed E-state index contributed by atoms with van der Waals surface area (Å²) in [5.74, 6) is 1.28. The van der Waals surface area contributed by atoms with E-state index < -0.39 is 4.92 Å². The molecule has 0 fully saturated rings. The number of nitro groups is 1. The third-order valence-corrected chi connectivity index (χ3v) is 5.43. The first-order valence-electron chi connectivity index (χ1n) is 10.6. The van der Waals surface area contributed by atoms with Crippen molar-refractivity contribution >= 4 is 46.2 Å². The van der Waals surface area contributed by atoms with Gasteiger partial charge in [-0.05, 0) is 69.7 Å². The molecule has 1 aromatic heterocycles. The molecular formula is C24H28ClN5O2. The fraction of sp³-hybridized carbons (Fsp3) is 0.333. The number of fused-ring (bicyclic) bond motifs is 1. The molecule has 0 atom stereocenters. The molecule has 1 N–H and O–H groups in total. The SMILES string of the molecule is CC(C)N(CCNc1nc(/C=C/c2ccc([N+](=O)[O-])cc2)nc2ccc(Cl)cc12)C(C)C. The second-order valence-corrected chi connectivity index (χ2v) is 8.56. The third-order valence-electron chi connectivity index (χ3n) is 5.19. The smallest absolute Gasteiger partial charge is 0.269 e. The van der Waals surface area contributed by atoms with Crippen molar-refractivity contribution < 1.29 is 4.92 Å². The molecule has 0 bridgehead atoms. The van der Waals surface area contributed by atoms with Crippen molar-refractivity contribution in [3.05, 3.63) is 69.0 Å². The molecule has 1 heterocycles. The van der Waals surface area contributed by atoms with Gasteiger partial charge in [0.15, 0.2) is 5.82 Å². The lowest BCUT2D eigenvalue weighted by Crippen LogP contribution is -2.40. The standard InChI is InChI=1S/C24H28ClN5O2/c1-16(2)29(17(3)4)14-13-26-24-21-15-19(25)8-11-22(21)27-23(28-24)12-7-18-5-9-20(10-6-18)30(31)32/h5-12,15-17H,13-14H2,1-4H3,(H,26,27,28)/b12-7+. The highest BCUT2D eigenvalue weighted by atomic mass is 35.5. The van der Waals surface area contributed by atoms with Crippen LogP contribution in [0.1, 0.15) is 39.1 Å². The summed E-state index contributed by atoms with van der Waals surface area (Å²) >= 11 is 6.22. The lowest BCUT2D eigenvalue weighted by atomic mass is 10.2. The summed E-state index contributed by atoms with van der Waals surface area (Å²) in [7, 11) is 0. The Morgan fingerprint density at radius 3 is 2.38 bits per heavy atom. The van der Waals surface area contributed by atoms with Crippen LogP contribution in [0.15, 0.2) is 42.5 Å². The van der Waals surface area contributed by atoms with E-state index in [9.17, 15) is 10.1 Å². The number of hydrogen-bond donors (Lipinski definition) is 1. The van der Waals surface area contributed by atoms with E-state index in [1.807, 2.05) is 24.3 Å². The molecule has 0 saturated heterocycles. The molecule has 0 unspecified atom stereocenters. The molecular weight excluding hydrogens is 426 g/mol. The zero-order chi connectivity index (χ0) is 23.3. The normalized spacial score (nSPS) is 11.9. The van der Waals surface area contributed by atoms with Gasteiger partial charge in [0.25, 0.3) is 5.69 Å². The molecule has 3 aromatic rings. The Morgan fingerprint density at radius 1 is 1.06 bits per heavy atom. The van der Waals surface area contributed by atoms with Gasteiger partial charge in [0.1, 0.15) is 5.82 Å². The predicted molar refractivity (Wildman–Crippen MR) is 132 cm³/mol. The van der Waals surface area contributed by atoms with Gasteiger partial charge < -0.3 is 5.32 Å². The fourth-order valence-corrected chi connectivity index (χ4v) is 3.79. The summed E-state index contributed by atoms with van der Waals surface area (Å²) < 4.78 is 0. The lowest BCUT2D eigenvalue weighted by molar-refractivity contribution is -0.384. The monoisotopic (exact) mass is 453 g/mol. The molecule has 0 amide bonds. The number of nitro benzene ring substituents is 1. The van der Waals surface area contributed by atoms with Crippen LogP contribution in [0.25, 0.3) is 23.1 Å². The van der Waals surface area contributed by atoms with E-state index in [1.54, 1.807) is 18.2 Å². The van der Waals surface area contributed by atoms with Gasteiger partial charge in [-0.25, -0.2) is 9.97 Å². The van der Waals surface area contributed by atoms with Crippen molar-refractivity contribution in [3.63, 3.8) is 0 Å². The first-order chi connectivity index (χ1) is 15.2. The van der Waals surface area contributed by atoms with Crippen LogP contribution < -0.4 is 5.32 Å². The van der Waals surface area contributed by atoms with E-state index >= 15 is 0 Å². The Hall–Kier alpha value is -3.03. The van der Waals surface area contributed by atoms with Gasteiger partial charge in [0.05, 0.1) is 10.4 Å². The van der Waals surface area contributed by atoms with Gasteiger partial charge in [0.2, 0.25) is 0 Å². The number of hydrogen-bond acceptors (Lipinski definition) is 6. The van der Waals surface area contributed by atoms with Crippen molar-refractivity contribution in [2.75, 3.05) is 18.4 Å². The maximum Gasteiger partial charge on any atom is 0.269 e. The topological polar surface area (TPSA) is 84.2 Å². The molecule has 2 aromatic carbocycles. The number of aromatic nitrogens is 2. The first kappa shape index (κ1) is 23.6. The van der Waals surface area contributed by atoms with Gasteiger partial charge in [-0.3, -0.25) is 15.0 Å². The number of benzene rings is 2. The van der Waals surface area contributed by atoms with Gasteiger partial charge >= 0.3 is 0 Å². The Kier molecular flexibility index (Phi) is 7.77. The van der Waals surface area contributed by atoms with Gasteiger partial charge in [-0.15, -0.1) is 0 Å². The van der Waals surface area contributed by atoms with Crippen molar-refractivity contribution in [1.29, 1.82) is 0 Å². The highest BCUT2D eigenvalue weighted by molar-refractivity contribution is 6.31. The molecule has 0 aliphatic carbocycles. The van der Waals surface area contributed by atoms with Gasteiger partial charge in [0, 0.05) is 47.7 Å². The molecule has 0 saturated carbocycles. The Bertz CT molecular complexity index is 1110. The minimum absolute atomic E-state index is 0.0595. The van der Waals surface area contributed by atoms with Crippen molar-refractivity contribution in [2.24, 2.45) is 0 Å². The van der Waals surface area contributed by atoms with E-state index in [-0.39, 0.29) is 5.69 Å². The van der Waals surface area contributed by atoms with Crippen molar-refractivity contribution in [1.82, 2.24) is 14.9 Å². The Balaban J connectivity index is 1.85. The number of halogens is 1. The molecule has 8 heteroatoms. The summed E-state index contributed by atoms with van der Waals surface area (Å²) in [5.41, 5.74) is 1.68. The number of nitrogens with zero attached hydrogens (tertiary/aromatic N) is 4. The zero-order valence-electron chi connectivity index (χ0n) is 18.7. The van der Waals surface area contributed by atoms with Gasteiger partial charge in [-0.2, -0.15) is 0 Å². The van der Waals surface area contributed by atoms with Crippen LogP contribution in [0.5, 0.6) is 0 Å². The van der Waals surface area contributed by atoms with Crippen LogP contribution >= 0.6 is 11.6 Å². The zero-order valence-corrected chi connectivity index (χ0v) is 19.5. The van der Waals surface area contributed by atoms with Crippen LogP contribution in [0.2, 0.25) is 5.02 Å². The maximum absolute atomic E-state index is 10.8. The molecule has 7 nitrogen and oxygen atoms in total. The quantitative estimate of drug-likeness (QED) is 0.321. The van der Waals surface area contributed by atoms with E-state index in [0.29, 0.717) is 22.9 Å². The molecule has 168 valence electrons. The molecule has 0 aliphatic heterocycles. The number of nitrogens with one attached hydrogen (secondary N) is 1. The van der Waals surface area contributed by atoms with Crippen molar-refractivity contribution in [2.45, 2.75) is 39.8 Å². The Morgan fingerprint density at radius 2 is 1.75 bits per heavy atom. The molecule has 0 radical (unpaired) electrons. The van der Waals surface area contributed by atoms with Gasteiger partial charge in [-0.1, -0.05) is 17.7 Å². The van der Waals surface area contributed by atoms with E-state index in [2.05, 4.69) is 42.9 Å². The lowest BCUT2D eigenvalue weighted by Gasteiger charge is -2.30. The second-order valence-electron chi connectivity index (χ2n) is 8.13. The van der Waals surface area contributed by atoms with Crippen LogP contribution in [0, 0.1) is 10.1 Å². The first-order valence-corrected chi connectivity index (χ1v) is 11.0. The predicted octanol–water partition coefficient (Wildman–Crippen LogP) is 5.89. The minimum atomic E-state index is -0.414. The average Bonchev–Trinajstić information content (AvgIpc) is 2.75. The largest absolute Gasteiger partial charge is 0.368 e. The highest BCUT2D eigenvalue weighted by Gasteiger charge is 2.13. The molecule has 0 aliphatic rings. The van der Waals surface area contributed by atoms with Crippen molar-refractivity contribution in [3.8, 4) is 0 Å². The van der Waals surface area contributed by atoms with Crippen LogP contribution in [-0.4, -0.2) is 45.0 Å². The number of anilines is 1. The minimum Gasteiger partial charge on any atom is -0.368 e. The van der Waals surface area contributed by atoms with Crippen LogP contribution in [-0.2, 0) is 0 Å².